The summed E-state index contributed by atoms with van der Waals surface area (Å²) in [6.07, 6.45) is 2.66. The van der Waals surface area contributed by atoms with E-state index >= 15 is 0 Å². The number of furan rings is 1. The number of benzene rings is 2. The van der Waals surface area contributed by atoms with Crippen LogP contribution in [0.3, 0.4) is 0 Å². The molecule has 186 valence electrons. The van der Waals surface area contributed by atoms with E-state index < -0.39 is 11.6 Å². The number of aryl methyl sites for hydroxylation is 1. The van der Waals surface area contributed by atoms with Gasteiger partial charge in [-0.2, -0.15) is 0 Å². The van der Waals surface area contributed by atoms with Gasteiger partial charge in [0.25, 0.3) is 0 Å². The molecule has 35 heavy (non-hydrogen) atoms. The van der Waals surface area contributed by atoms with Crippen LogP contribution in [0.4, 0.5) is 8.78 Å². The summed E-state index contributed by atoms with van der Waals surface area (Å²) in [7, 11) is 0. The van der Waals surface area contributed by atoms with Crippen molar-refractivity contribution in [2.24, 2.45) is 0 Å². The molecule has 0 saturated carbocycles. The average Bonchev–Trinajstić information content (AvgIpc) is 3.51. The van der Waals surface area contributed by atoms with Crippen molar-refractivity contribution in [2.45, 2.75) is 45.4 Å². The lowest BCUT2D eigenvalue weighted by Crippen LogP contribution is -2.43. The Morgan fingerprint density at radius 2 is 1.83 bits per heavy atom. The fraction of sp³-hybridized carbons (Fsp3) is 0.393. The van der Waals surface area contributed by atoms with Gasteiger partial charge in [-0.3, -0.25) is 9.69 Å². The Bertz CT molecular complexity index is 1100. The van der Waals surface area contributed by atoms with Crippen LogP contribution in [-0.2, 0) is 29.0 Å². The quantitative estimate of drug-likeness (QED) is 0.381. The van der Waals surface area contributed by atoms with Crippen LogP contribution >= 0.6 is 0 Å². The van der Waals surface area contributed by atoms with E-state index in [9.17, 15) is 13.6 Å². The molecule has 0 N–H and O–H groups in total. The topological polar surface area (TPSA) is 45.9 Å². The normalized spacial score (nSPS) is 15.6. The Hall–Kier alpha value is -3.03. The summed E-state index contributed by atoms with van der Waals surface area (Å²) >= 11 is 0. The van der Waals surface area contributed by atoms with Crippen LogP contribution in [0.25, 0.3) is 0 Å². The highest BCUT2D eigenvalue weighted by Crippen LogP contribution is 2.18. The molecular weight excluding hydrogens is 450 g/mol. The van der Waals surface area contributed by atoms with Crippen LogP contribution in [0, 0.1) is 18.6 Å². The number of hydrogen-bond donors (Lipinski definition) is 0. The molecule has 0 aliphatic carbocycles. The zero-order valence-corrected chi connectivity index (χ0v) is 20.1. The van der Waals surface area contributed by atoms with Gasteiger partial charge in [0.15, 0.2) is 11.6 Å². The smallest absolute Gasteiger partial charge is 0.237 e. The van der Waals surface area contributed by atoms with Crippen LogP contribution in [0.1, 0.15) is 35.5 Å². The minimum atomic E-state index is -0.886. The summed E-state index contributed by atoms with van der Waals surface area (Å²) in [4.78, 5) is 17.3. The van der Waals surface area contributed by atoms with E-state index in [0.29, 0.717) is 38.3 Å². The molecule has 1 unspecified atom stereocenters. The largest absolute Gasteiger partial charge is 0.464 e. The van der Waals surface area contributed by atoms with Crippen molar-refractivity contribution in [1.82, 2.24) is 9.80 Å². The lowest BCUT2D eigenvalue weighted by Gasteiger charge is -2.29. The number of carbonyl (C=O) groups is 1. The summed E-state index contributed by atoms with van der Waals surface area (Å²) in [5, 5.41) is 0. The molecule has 7 heteroatoms. The van der Waals surface area contributed by atoms with E-state index in [4.69, 9.17) is 9.15 Å². The van der Waals surface area contributed by atoms with E-state index in [1.54, 1.807) is 11.0 Å². The molecule has 1 aliphatic heterocycles. The Morgan fingerprint density at radius 1 is 1.00 bits per heavy atom. The molecule has 4 rings (SSSR count). The van der Waals surface area contributed by atoms with Crippen molar-refractivity contribution in [3.63, 3.8) is 0 Å². The first-order valence-corrected chi connectivity index (χ1v) is 12.1. The maximum absolute atomic E-state index is 13.8. The molecule has 0 spiro atoms. The summed E-state index contributed by atoms with van der Waals surface area (Å²) in [5.74, 6) is -0.278. The molecule has 1 saturated heterocycles. The van der Waals surface area contributed by atoms with Crippen molar-refractivity contribution < 1.29 is 22.7 Å². The first-order valence-electron chi connectivity index (χ1n) is 12.1. The van der Waals surface area contributed by atoms with Crippen LogP contribution < -0.4 is 0 Å². The van der Waals surface area contributed by atoms with Crippen molar-refractivity contribution in [2.75, 3.05) is 26.2 Å². The maximum atomic E-state index is 13.8. The van der Waals surface area contributed by atoms with Crippen molar-refractivity contribution in [3.8, 4) is 0 Å². The zero-order chi connectivity index (χ0) is 24.6. The van der Waals surface area contributed by atoms with Gasteiger partial charge in [-0.25, -0.2) is 8.78 Å². The summed E-state index contributed by atoms with van der Waals surface area (Å²) < 4.78 is 38.8. The van der Waals surface area contributed by atoms with E-state index in [0.717, 1.165) is 42.4 Å². The van der Waals surface area contributed by atoms with Gasteiger partial charge in [-0.05, 0) is 61.6 Å². The van der Waals surface area contributed by atoms with Gasteiger partial charge in [-0.1, -0.05) is 36.4 Å². The van der Waals surface area contributed by atoms with Crippen molar-refractivity contribution >= 4 is 5.91 Å². The molecule has 1 amide bonds. The van der Waals surface area contributed by atoms with Gasteiger partial charge < -0.3 is 14.1 Å². The predicted octanol–water partition coefficient (Wildman–Crippen LogP) is 5.12. The molecule has 3 aromatic rings. The Kier molecular flexibility index (Phi) is 8.66. The van der Waals surface area contributed by atoms with Crippen molar-refractivity contribution in [1.29, 1.82) is 0 Å². The lowest BCUT2D eigenvalue weighted by atomic mass is 10.1. The summed E-state index contributed by atoms with van der Waals surface area (Å²) in [5.41, 5.74) is 1.77. The minimum Gasteiger partial charge on any atom is -0.464 e. The van der Waals surface area contributed by atoms with Gasteiger partial charge in [0.2, 0.25) is 5.91 Å². The number of carbonyl (C=O) groups excluding carboxylic acids is 1. The Morgan fingerprint density at radius 3 is 2.51 bits per heavy atom. The van der Waals surface area contributed by atoms with Gasteiger partial charge in [0.05, 0.1) is 19.2 Å². The number of rotatable bonds is 11. The third kappa shape index (κ3) is 7.47. The number of amides is 1. The first kappa shape index (κ1) is 25.1. The van der Waals surface area contributed by atoms with E-state index in [1.807, 2.05) is 54.3 Å². The SMILES string of the molecule is Cc1ccc(CN(CCc2ccccc2)C(=O)CN(Cc2ccc(F)c(F)c2)CC2CCCO2)o1. The second-order valence-electron chi connectivity index (χ2n) is 9.12. The molecule has 0 bridgehead atoms. The van der Waals surface area contributed by atoms with Gasteiger partial charge in [0, 0.05) is 26.2 Å². The van der Waals surface area contributed by atoms with Gasteiger partial charge >= 0.3 is 0 Å². The molecule has 5 nitrogen and oxygen atoms in total. The van der Waals surface area contributed by atoms with Crippen LogP contribution in [-0.4, -0.2) is 48.1 Å². The number of nitrogens with zero attached hydrogens (tertiary/aromatic N) is 2. The molecule has 1 aliphatic rings. The molecule has 2 aromatic carbocycles. The molecule has 2 heterocycles. The Balaban J connectivity index is 1.48. The monoisotopic (exact) mass is 482 g/mol. The summed E-state index contributed by atoms with van der Waals surface area (Å²) in [6, 6.07) is 17.7. The third-order valence-electron chi connectivity index (χ3n) is 6.24. The minimum absolute atomic E-state index is 0.0265. The zero-order valence-electron chi connectivity index (χ0n) is 20.1. The van der Waals surface area contributed by atoms with E-state index in [-0.39, 0.29) is 18.6 Å². The fourth-order valence-corrected chi connectivity index (χ4v) is 4.41. The molecule has 1 fully saturated rings. The van der Waals surface area contributed by atoms with Crippen LogP contribution in [0.2, 0.25) is 0 Å². The van der Waals surface area contributed by atoms with Gasteiger partial charge in [-0.15, -0.1) is 0 Å². The van der Waals surface area contributed by atoms with Crippen LogP contribution in [0.5, 0.6) is 0 Å². The number of hydrogen-bond acceptors (Lipinski definition) is 4. The highest BCUT2D eigenvalue weighted by atomic mass is 19.2. The number of ether oxygens (including phenoxy) is 1. The standard InChI is InChI=1S/C28H32F2N2O3/c1-21-9-11-25(35-21)19-32(14-13-22-6-3-2-4-7-22)28(33)20-31(18-24-8-5-15-34-24)17-23-10-12-26(29)27(30)16-23/h2-4,6-7,9-12,16,24H,5,8,13-15,17-20H2,1H3. The second-order valence-corrected chi connectivity index (χ2v) is 9.12. The average molecular weight is 483 g/mol. The molecule has 1 atom stereocenters. The molecule has 1 aromatic heterocycles. The third-order valence-corrected chi connectivity index (χ3v) is 6.24. The van der Waals surface area contributed by atoms with E-state index in [2.05, 4.69) is 0 Å². The second kappa shape index (κ2) is 12.1. The van der Waals surface area contributed by atoms with Crippen molar-refractivity contribution in [3.05, 3.63) is 94.9 Å². The van der Waals surface area contributed by atoms with Gasteiger partial charge in [0.1, 0.15) is 11.5 Å². The maximum Gasteiger partial charge on any atom is 0.237 e. The summed E-state index contributed by atoms with van der Waals surface area (Å²) in [6.45, 7) is 4.53. The molecule has 0 radical (unpaired) electrons. The van der Waals surface area contributed by atoms with Crippen LogP contribution in [0.15, 0.2) is 65.1 Å². The fourth-order valence-electron chi connectivity index (χ4n) is 4.41. The highest BCUT2D eigenvalue weighted by Gasteiger charge is 2.24. The molecular formula is C28H32F2N2O3. The highest BCUT2D eigenvalue weighted by molar-refractivity contribution is 5.78. The Labute approximate surface area is 205 Å². The number of halogens is 2. The lowest BCUT2D eigenvalue weighted by molar-refractivity contribution is -0.133. The van der Waals surface area contributed by atoms with E-state index in [1.165, 1.54) is 6.07 Å². The predicted molar refractivity (Wildman–Crippen MR) is 130 cm³/mol. The first-order chi connectivity index (χ1) is 17.0.